The van der Waals surface area contributed by atoms with Crippen molar-refractivity contribution in [1.29, 1.82) is 5.41 Å². The minimum Gasteiger partial charge on any atom is -0.368 e. The number of halogens is 1. The second kappa shape index (κ2) is 3.72. The van der Waals surface area contributed by atoms with E-state index in [9.17, 15) is 4.39 Å². The maximum Gasteiger partial charge on any atom is 0.156 e. The van der Waals surface area contributed by atoms with Crippen LogP contribution in [0.5, 0.6) is 0 Å². The van der Waals surface area contributed by atoms with Crippen LogP contribution in [-0.4, -0.2) is 17.7 Å². The summed E-state index contributed by atoms with van der Waals surface area (Å²) in [4.78, 5) is 0. The Balaban J connectivity index is 3.25. The number of thioether (sulfide) groups is 1. The van der Waals surface area contributed by atoms with E-state index in [-0.39, 0.29) is 5.17 Å². The van der Waals surface area contributed by atoms with Gasteiger partial charge in [-0.1, -0.05) is 11.8 Å². The van der Waals surface area contributed by atoms with Gasteiger partial charge in [-0.2, -0.15) is 0 Å². The van der Waals surface area contributed by atoms with Gasteiger partial charge in [-0.25, -0.2) is 4.39 Å². The third-order valence-corrected chi connectivity index (χ3v) is 1.27. The monoisotopic (exact) mass is 136 g/mol. The van der Waals surface area contributed by atoms with Gasteiger partial charge < -0.3 is 5.32 Å². The molecule has 0 radical (unpaired) electrons. The molecule has 0 aliphatic rings. The summed E-state index contributed by atoms with van der Waals surface area (Å²) < 4.78 is 11.9. The van der Waals surface area contributed by atoms with Crippen LogP contribution >= 0.6 is 11.8 Å². The zero-order valence-electron chi connectivity index (χ0n) is 4.86. The van der Waals surface area contributed by atoms with Gasteiger partial charge in [0.1, 0.15) is 5.50 Å². The molecular formula is C4H9FN2S. The van der Waals surface area contributed by atoms with Crippen LogP contribution in [-0.2, 0) is 0 Å². The third kappa shape index (κ3) is 3.92. The van der Waals surface area contributed by atoms with Crippen molar-refractivity contribution in [2.45, 2.75) is 12.4 Å². The number of alkyl halides is 1. The molecule has 0 saturated carbocycles. The molecule has 0 aromatic heterocycles. The van der Waals surface area contributed by atoms with Gasteiger partial charge in [0.2, 0.25) is 0 Å². The van der Waals surface area contributed by atoms with Gasteiger partial charge in [-0.05, 0) is 6.92 Å². The molecule has 0 aromatic carbocycles. The average Bonchev–Trinajstić information content (AvgIpc) is 1.65. The van der Waals surface area contributed by atoms with Crippen molar-refractivity contribution in [2.75, 3.05) is 7.05 Å². The van der Waals surface area contributed by atoms with E-state index in [4.69, 9.17) is 5.41 Å². The van der Waals surface area contributed by atoms with E-state index in [1.165, 1.54) is 6.92 Å². The summed E-state index contributed by atoms with van der Waals surface area (Å²) in [5, 5.41) is 9.55. The Kier molecular flexibility index (Phi) is 3.60. The Morgan fingerprint density at radius 3 is 2.50 bits per heavy atom. The van der Waals surface area contributed by atoms with Gasteiger partial charge in [-0.3, -0.25) is 5.41 Å². The summed E-state index contributed by atoms with van der Waals surface area (Å²) in [7, 11) is 1.59. The SMILES string of the molecule is CNC(=N)SC(C)F. The molecule has 0 fully saturated rings. The largest absolute Gasteiger partial charge is 0.368 e. The normalized spacial score (nSPS) is 12.9. The number of hydrogen-bond donors (Lipinski definition) is 2. The van der Waals surface area contributed by atoms with E-state index in [1.807, 2.05) is 0 Å². The predicted molar refractivity (Wildman–Crippen MR) is 34.9 cm³/mol. The molecule has 0 aliphatic carbocycles. The van der Waals surface area contributed by atoms with Crippen molar-refractivity contribution in [3.05, 3.63) is 0 Å². The molecule has 4 heteroatoms. The smallest absolute Gasteiger partial charge is 0.156 e. The van der Waals surface area contributed by atoms with Crippen molar-refractivity contribution >= 4 is 16.9 Å². The average molecular weight is 136 g/mol. The summed E-state index contributed by atoms with van der Waals surface area (Å²) in [6.07, 6.45) is 0. The summed E-state index contributed by atoms with van der Waals surface area (Å²) in [5.74, 6) is 0. The summed E-state index contributed by atoms with van der Waals surface area (Å²) in [6, 6.07) is 0. The molecule has 0 rings (SSSR count). The highest BCUT2D eigenvalue weighted by Crippen LogP contribution is 2.09. The Morgan fingerprint density at radius 2 is 2.38 bits per heavy atom. The summed E-state index contributed by atoms with van der Waals surface area (Å²) >= 11 is 0.860. The predicted octanol–water partition coefficient (Wildman–Crippen LogP) is 1.19. The van der Waals surface area contributed by atoms with Gasteiger partial charge in [0.05, 0.1) is 0 Å². The minimum atomic E-state index is -0.991. The molecule has 48 valence electrons. The van der Waals surface area contributed by atoms with Crippen LogP contribution in [0, 0.1) is 5.41 Å². The number of hydrogen-bond acceptors (Lipinski definition) is 2. The Labute approximate surface area is 52.4 Å². The van der Waals surface area contributed by atoms with Gasteiger partial charge in [0, 0.05) is 7.05 Å². The molecule has 0 saturated heterocycles. The number of nitrogens with one attached hydrogen (secondary N) is 2. The highest BCUT2D eigenvalue weighted by Gasteiger charge is 2.00. The lowest BCUT2D eigenvalue weighted by atomic mass is 10.9. The second-order valence-electron chi connectivity index (χ2n) is 1.24. The lowest BCUT2D eigenvalue weighted by Gasteiger charge is -2.00. The second-order valence-corrected chi connectivity index (χ2v) is 2.53. The van der Waals surface area contributed by atoms with Gasteiger partial charge in [0.15, 0.2) is 5.17 Å². The fourth-order valence-corrected chi connectivity index (χ4v) is 0.664. The van der Waals surface area contributed by atoms with E-state index in [0.717, 1.165) is 11.8 Å². The van der Waals surface area contributed by atoms with Crippen LogP contribution in [0.2, 0.25) is 0 Å². The lowest BCUT2D eigenvalue weighted by molar-refractivity contribution is 0.485. The standard InChI is InChI=1S/C4H9FN2S/c1-3(5)8-4(6)7-2/h3H,1-2H3,(H2,6,7). The highest BCUT2D eigenvalue weighted by atomic mass is 32.2. The molecular weight excluding hydrogens is 127 g/mol. The van der Waals surface area contributed by atoms with Crippen molar-refractivity contribution in [3.63, 3.8) is 0 Å². The van der Waals surface area contributed by atoms with Crippen LogP contribution in [0.25, 0.3) is 0 Å². The molecule has 0 heterocycles. The van der Waals surface area contributed by atoms with Crippen LogP contribution < -0.4 is 5.32 Å². The maximum atomic E-state index is 11.9. The first kappa shape index (κ1) is 7.75. The Morgan fingerprint density at radius 1 is 1.88 bits per heavy atom. The molecule has 0 aliphatic heterocycles. The number of rotatable bonds is 1. The topological polar surface area (TPSA) is 35.9 Å². The van der Waals surface area contributed by atoms with Gasteiger partial charge in [0.25, 0.3) is 0 Å². The third-order valence-electron chi connectivity index (χ3n) is 0.507. The molecule has 0 aromatic rings. The molecule has 8 heavy (non-hydrogen) atoms. The maximum absolute atomic E-state index is 11.9. The molecule has 0 bridgehead atoms. The van der Waals surface area contributed by atoms with Crippen LogP contribution in [0.15, 0.2) is 0 Å². The van der Waals surface area contributed by atoms with Crippen LogP contribution in [0.4, 0.5) is 4.39 Å². The lowest BCUT2D eigenvalue weighted by Crippen LogP contribution is -2.14. The Bertz CT molecular complexity index is 84.1. The first-order chi connectivity index (χ1) is 3.66. The summed E-state index contributed by atoms with van der Waals surface area (Å²) in [6.45, 7) is 1.40. The van der Waals surface area contributed by atoms with E-state index in [0.29, 0.717) is 0 Å². The van der Waals surface area contributed by atoms with Crippen molar-refractivity contribution < 1.29 is 4.39 Å². The minimum absolute atomic E-state index is 0.167. The molecule has 0 spiro atoms. The molecule has 1 atom stereocenters. The van der Waals surface area contributed by atoms with Crippen LogP contribution in [0.3, 0.4) is 0 Å². The number of amidine groups is 1. The van der Waals surface area contributed by atoms with Crippen LogP contribution in [0.1, 0.15) is 6.92 Å². The Hall–Kier alpha value is -0.250. The van der Waals surface area contributed by atoms with Crippen molar-refractivity contribution in [1.82, 2.24) is 5.32 Å². The zero-order valence-corrected chi connectivity index (χ0v) is 5.68. The van der Waals surface area contributed by atoms with E-state index < -0.39 is 5.50 Å². The molecule has 2 N–H and O–H groups in total. The fourth-order valence-electron chi connectivity index (χ4n) is 0.221. The van der Waals surface area contributed by atoms with E-state index in [2.05, 4.69) is 5.32 Å². The van der Waals surface area contributed by atoms with Crippen molar-refractivity contribution in [2.24, 2.45) is 0 Å². The van der Waals surface area contributed by atoms with E-state index in [1.54, 1.807) is 7.05 Å². The quantitative estimate of drug-likeness (QED) is 0.419. The van der Waals surface area contributed by atoms with E-state index >= 15 is 0 Å². The highest BCUT2D eigenvalue weighted by molar-refractivity contribution is 8.14. The van der Waals surface area contributed by atoms with Crippen molar-refractivity contribution in [3.8, 4) is 0 Å². The first-order valence-corrected chi connectivity index (χ1v) is 3.12. The first-order valence-electron chi connectivity index (χ1n) is 2.24. The zero-order chi connectivity index (χ0) is 6.57. The summed E-state index contributed by atoms with van der Waals surface area (Å²) in [5.41, 5.74) is -0.991. The molecule has 2 nitrogen and oxygen atoms in total. The van der Waals surface area contributed by atoms with Gasteiger partial charge >= 0.3 is 0 Å². The van der Waals surface area contributed by atoms with Gasteiger partial charge in [-0.15, -0.1) is 0 Å². The molecule has 0 amide bonds. The fraction of sp³-hybridized carbons (Fsp3) is 0.750. The molecule has 1 unspecified atom stereocenters.